The molecule has 1 fully saturated rings. The van der Waals surface area contributed by atoms with Crippen molar-refractivity contribution in [2.45, 2.75) is 6.92 Å². The number of hydrogen-bond acceptors (Lipinski definition) is 7. The number of hydrogen-bond donors (Lipinski definition) is 1. The van der Waals surface area contributed by atoms with Gasteiger partial charge in [-0.2, -0.15) is 5.10 Å². The molecule has 9 nitrogen and oxygen atoms in total. The summed E-state index contributed by atoms with van der Waals surface area (Å²) in [7, 11) is 0. The predicted molar refractivity (Wildman–Crippen MR) is 139 cm³/mol. The lowest BCUT2D eigenvalue weighted by Crippen LogP contribution is -2.43. The van der Waals surface area contributed by atoms with Crippen LogP contribution in [-0.4, -0.2) is 62.4 Å². The number of carbonyl (C=O) groups excluding carboxylic acids is 2. The number of nitrogens with zero attached hydrogens (tertiary/aromatic N) is 2. The van der Waals surface area contributed by atoms with Gasteiger partial charge in [-0.3, -0.25) is 9.59 Å². The molecule has 1 aromatic heterocycles. The van der Waals surface area contributed by atoms with E-state index in [2.05, 4.69) is 10.5 Å². The number of nitrogens with one attached hydrogen (secondary N) is 1. The molecule has 9 heteroatoms. The lowest BCUT2D eigenvalue weighted by atomic mass is 10.1. The predicted octanol–water partition coefficient (Wildman–Crippen LogP) is 3.99. The standard InChI is InChI=1S/C28H27N3O6/c1-2-35-25-15-19(7-9-24(25)36-18-27(32)31-11-13-34-14-12-31)17-29-30-28(33)26-16-22-21-6-4-3-5-20(21)8-10-23(22)37-26/h3-10,15-17H,2,11-14,18H2,1H3,(H,30,33). The van der Waals surface area contributed by atoms with Crippen LogP contribution in [0.5, 0.6) is 11.5 Å². The van der Waals surface area contributed by atoms with Gasteiger partial charge in [0.2, 0.25) is 0 Å². The summed E-state index contributed by atoms with van der Waals surface area (Å²) < 4.78 is 22.4. The highest BCUT2D eigenvalue weighted by molar-refractivity contribution is 6.08. The number of morpholine rings is 1. The molecule has 0 unspecified atom stereocenters. The fourth-order valence-corrected chi connectivity index (χ4v) is 4.16. The van der Waals surface area contributed by atoms with E-state index in [0.717, 1.165) is 16.2 Å². The van der Waals surface area contributed by atoms with E-state index in [1.165, 1.54) is 6.21 Å². The zero-order valence-electron chi connectivity index (χ0n) is 20.4. The maximum absolute atomic E-state index is 12.6. The summed E-state index contributed by atoms with van der Waals surface area (Å²) >= 11 is 0. The van der Waals surface area contributed by atoms with Gasteiger partial charge in [0.1, 0.15) is 5.58 Å². The van der Waals surface area contributed by atoms with Crippen LogP contribution >= 0.6 is 0 Å². The molecule has 0 bridgehead atoms. The number of rotatable bonds is 8. The van der Waals surface area contributed by atoms with Crippen molar-refractivity contribution >= 4 is 39.8 Å². The molecule has 37 heavy (non-hydrogen) atoms. The number of ether oxygens (including phenoxy) is 3. The second-order valence-corrected chi connectivity index (χ2v) is 8.43. The Bertz CT molecular complexity index is 1460. The monoisotopic (exact) mass is 501 g/mol. The summed E-state index contributed by atoms with van der Waals surface area (Å²) in [5, 5.41) is 7.02. The summed E-state index contributed by atoms with van der Waals surface area (Å²) in [6.45, 7) is 4.39. The fourth-order valence-electron chi connectivity index (χ4n) is 4.16. The first-order valence-electron chi connectivity index (χ1n) is 12.1. The molecule has 0 atom stereocenters. The minimum Gasteiger partial charge on any atom is -0.490 e. The fraction of sp³-hybridized carbons (Fsp3) is 0.250. The molecule has 4 aromatic rings. The van der Waals surface area contributed by atoms with Crippen LogP contribution in [0.1, 0.15) is 23.0 Å². The molecule has 0 spiro atoms. The Morgan fingerprint density at radius 1 is 1.00 bits per heavy atom. The summed E-state index contributed by atoms with van der Waals surface area (Å²) in [4.78, 5) is 26.7. The van der Waals surface area contributed by atoms with Crippen LogP contribution in [0.2, 0.25) is 0 Å². The minimum atomic E-state index is -0.455. The van der Waals surface area contributed by atoms with E-state index >= 15 is 0 Å². The van der Waals surface area contributed by atoms with Crippen molar-refractivity contribution in [1.82, 2.24) is 10.3 Å². The zero-order chi connectivity index (χ0) is 25.6. The molecular weight excluding hydrogens is 474 g/mol. The Labute approximate surface area is 213 Å². The van der Waals surface area contributed by atoms with Gasteiger partial charge < -0.3 is 23.5 Å². The van der Waals surface area contributed by atoms with Crippen molar-refractivity contribution in [3.63, 3.8) is 0 Å². The van der Waals surface area contributed by atoms with Crippen LogP contribution in [-0.2, 0) is 9.53 Å². The first-order chi connectivity index (χ1) is 18.1. The van der Waals surface area contributed by atoms with Crippen molar-refractivity contribution in [2.24, 2.45) is 5.10 Å². The van der Waals surface area contributed by atoms with Crippen LogP contribution in [0.25, 0.3) is 21.7 Å². The summed E-state index contributed by atoms with van der Waals surface area (Å²) in [5.74, 6) is 0.559. The molecule has 1 aliphatic rings. The molecule has 5 rings (SSSR count). The van der Waals surface area contributed by atoms with Gasteiger partial charge >= 0.3 is 5.91 Å². The van der Waals surface area contributed by atoms with Crippen molar-refractivity contribution in [2.75, 3.05) is 39.5 Å². The molecule has 2 heterocycles. The van der Waals surface area contributed by atoms with Crippen LogP contribution < -0.4 is 14.9 Å². The van der Waals surface area contributed by atoms with E-state index in [-0.39, 0.29) is 18.3 Å². The number of amides is 2. The topological polar surface area (TPSA) is 103 Å². The van der Waals surface area contributed by atoms with Crippen molar-refractivity contribution in [1.29, 1.82) is 0 Å². The number of fused-ring (bicyclic) bond motifs is 3. The summed E-state index contributed by atoms with van der Waals surface area (Å²) in [6.07, 6.45) is 1.50. The SMILES string of the molecule is CCOc1cc(C=NNC(=O)c2cc3c(ccc4ccccc43)o2)ccc1OCC(=O)N1CCOCC1. The molecule has 1 N–H and O–H groups in total. The van der Waals surface area contributed by atoms with Gasteiger partial charge in [0.25, 0.3) is 5.91 Å². The molecule has 190 valence electrons. The quantitative estimate of drug-likeness (QED) is 0.289. The molecule has 1 saturated heterocycles. The number of furan rings is 1. The Hall–Kier alpha value is -4.37. The molecule has 2 amide bonds. The van der Waals surface area contributed by atoms with Crippen LogP contribution in [0.15, 0.2) is 70.2 Å². The average molecular weight is 502 g/mol. The summed E-state index contributed by atoms with van der Waals surface area (Å²) in [5.41, 5.74) is 3.83. The third kappa shape index (κ3) is 5.57. The highest BCUT2D eigenvalue weighted by atomic mass is 16.5. The molecular formula is C28H27N3O6. The van der Waals surface area contributed by atoms with Crippen molar-refractivity contribution < 1.29 is 28.2 Å². The zero-order valence-corrected chi connectivity index (χ0v) is 20.4. The highest BCUT2D eigenvalue weighted by Gasteiger charge is 2.18. The van der Waals surface area contributed by atoms with Crippen LogP contribution in [0, 0.1) is 0 Å². The molecule has 1 aliphatic heterocycles. The average Bonchev–Trinajstić information content (AvgIpc) is 3.38. The Kier molecular flexibility index (Phi) is 7.32. The van der Waals surface area contributed by atoms with Gasteiger partial charge in [0, 0.05) is 18.5 Å². The third-order valence-electron chi connectivity index (χ3n) is 6.01. The maximum Gasteiger partial charge on any atom is 0.307 e. The second-order valence-electron chi connectivity index (χ2n) is 8.43. The van der Waals surface area contributed by atoms with Crippen molar-refractivity contribution in [3.8, 4) is 11.5 Å². The lowest BCUT2D eigenvalue weighted by molar-refractivity contribution is -0.137. The second kappa shape index (κ2) is 11.1. The van der Waals surface area contributed by atoms with E-state index < -0.39 is 5.91 Å². The normalized spacial score (nSPS) is 13.8. The van der Waals surface area contributed by atoms with Gasteiger partial charge in [0.15, 0.2) is 23.9 Å². The number of hydrazone groups is 1. The maximum atomic E-state index is 12.6. The van der Waals surface area contributed by atoms with Crippen molar-refractivity contribution in [3.05, 3.63) is 72.0 Å². The largest absolute Gasteiger partial charge is 0.490 e. The van der Waals surface area contributed by atoms with E-state index in [1.807, 2.05) is 43.3 Å². The Morgan fingerprint density at radius 2 is 1.84 bits per heavy atom. The third-order valence-corrected chi connectivity index (χ3v) is 6.01. The van der Waals surface area contributed by atoms with E-state index in [4.69, 9.17) is 18.6 Å². The van der Waals surface area contributed by atoms with Gasteiger partial charge in [-0.15, -0.1) is 0 Å². The molecule has 0 saturated carbocycles. The molecule has 0 aliphatic carbocycles. The Balaban J connectivity index is 1.23. The van der Waals surface area contributed by atoms with E-state index in [1.54, 1.807) is 29.2 Å². The summed E-state index contributed by atoms with van der Waals surface area (Å²) in [6, 6.07) is 18.7. The minimum absolute atomic E-state index is 0.0870. The van der Waals surface area contributed by atoms with E-state index in [0.29, 0.717) is 55.6 Å². The first-order valence-corrected chi connectivity index (χ1v) is 12.1. The van der Waals surface area contributed by atoms with Gasteiger partial charge in [0.05, 0.1) is 26.0 Å². The van der Waals surface area contributed by atoms with Gasteiger partial charge in [-0.25, -0.2) is 5.43 Å². The highest BCUT2D eigenvalue weighted by Crippen LogP contribution is 2.29. The van der Waals surface area contributed by atoms with Gasteiger partial charge in [-0.1, -0.05) is 30.3 Å². The number of carbonyl (C=O) groups is 2. The smallest absolute Gasteiger partial charge is 0.307 e. The van der Waals surface area contributed by atoms with Crippen LogP contribution in [0.4, 0.5) is 0 Å². The Morgan fingerprint density at radius 3 is 2.68 bits per heavy atom. The molecule has 3 aromatic carbocycles. The van der Waals surface area contributed by atoms with Crippen LogP contribution in [0.3, 0.4) is 0 Å². The van der Waals surface area contributed by atoms with E-state index in [9.17, 15) is 9.59 Å². The first kappa shape index (κ1) is 24.3. The molecule has 0 radical (unpaired) electrons. The number of benzene rings is 3. The lowest BCUT2D eigenvalue weighted by Gasteiger charge is -2.26. The van der Waals surface area contributed by atoms with Gasteiger partial charge in [-0.05, 0) is 53.6 Å².